The van der Waals surface area contributed by atoms with Crippen molar-refractivity contribution in [2.24, 2.45) is 5.92 Å². The highest BCUT2D eigenvalue weighted by Gasteiger charge is 2.19. The summed E-state index contributed by atoms with van der Waals surface area (Å²) in [6.07, 6.45) is 1.21. The molecule has 1 fully saturated rings. The van der Waals surface area contributed by atoms with E-state index in [-0.39, 0.29) is 5.91 Å². The second-order valence-electron chi connectivity index (χ2n) is 5.30. The zero-order valence-electron chi connectivity index (χ0n) is 12.2. The molecule has 1 atom stereocenters. The summed E-state index contributed by atoms with van der Waals surface area (Å²) in [5.74, 6) is 1.29. The molecule has 1 amide bonds. The Hall–Kier alpha value is -1.59. The van der Waals surface area contributed by atoms with Crippen LogP contribution in [0.2, 0.25) is 0 Å². The van der Waals surface area contributed by atoms with Crippen molar-refractivity contribution >= 4 is 11.6 Å². The summed E-state index contributed by atoms with van der Waals surface area (Å²) < 4.78 is 5.20. The molecule has 1 aromatic carbocycles. The third-order valence-electron chi connectivity index (χ3n) is 3.59. The maximum absolute atomic E-state index is 11.9. The van der Waals surface area contributed by atoms with Crippen molar-refractivity contribution in [3.05, 3.63) is 24.3 Å². The molecule has 5 heteroatoms. The number of benzene rings is 1. The van der Waals surface area contributed by atoms with Gasteiger partial charge in [-0.25, -0.2) is 0 Å². The van der Waals surface area contributed by atoms with Crippen LogP contribution in [-0.2, 0) is 4.79 Å². The number of anilines is 1. The topological polar surface area (TPSA) is 53.6 Å². The van der Waals surface area contributed by atoms with Crippen LogP contribution in [0.15, 0.2) is 24.3 Å². The number of hydrogen-bond donors (Lipinski definition) is 2. The van der Waals surface area contributed by atoms with Gasteiger partial charge in [0.2, 0.25) is 5.91 Å². The van der Waals surface area contributed by atoms with Gasteiger partial charge >= 0.3 is 0 Å². The van der Waals surface area contributed by atoms with Crippen molar-refractivity contribution in [3.8, 4) is 5.75 Å². The molecule has 1 heterocycles. The van der Waals surface area contributed by atoms with E-state index in [0.29, 0.717) is 23.9 Å². The first-order valence-electron chi connectivity index (χ1n) is 7.01. The van der Waals surface area contributed by atoms with E-state index >= 15 is 0 Å². The molecule has 1 aromatic rings. The minimum atomic E-state index is -0.0409. The lowest BCUT2D eigenvalue weighted by atomic mass is 10.1. The van der Waals surface area contributed by atoms with Crippen LogP contribution in [0.1, 0.15) is 6.42 Å². The lowest BCUT2D eigenvalue weighted by Crippen LogP contribution is -2.32. The van der Waals surface area contributed by atoms with Crippen LogP contribution in [0, 0.1) is 5.92 Å². The van der Waals surface area contributed by atoms with Crippen molar-refractivity contribution in [1.82, 2.24) is 10.2 Å². The number of amides is 1. The fourth-order valence-corrected chi connectivity index (χ4v) is 2.53. The fourth-order valence-electron chi connectivity index (χ4n) is 2.53. The Labute approximate surface area is 120 Å². The third kappa shape index (κ3) is 4.21. The zero-order valence-corrected chi connectivity index (χ0v) is 12.2. The first-order valence-corrected chi connectivity index (χ1v) is 7.01. The standard InChI is InChI=1S/C15H23N3O2/c1-18-8-7-12(11-18)9-16-10-15(19)17-13-5-3-4-6-14(13)20-2/h3-6,12,16H,7-11H2,1-2H3,(H,17,19). The highest BCUT2D eigenvalue weighted by Crippen LogP contribution is 2.22. The maximum Gasteiger partial charge on any atom is 0.238 e. The zero-order chi connectivity index (χ0) is 14.4. The van der Waals surface area contributed by atoms with Crippen LogP contribution in [0.3, 0.4) is 0 Å². The minimum absolute atomic E-state index is 0.0409. The van der Waals surface area contributed by atoms with E-state index < -0.39 is 0 Å². The van der Waals surface area contributed by atoms with E-state index in [4.69, 9.17) is 4.74 Å². The monoisotopic (exact) mass is 277 g/mol. The van der Waals surface area contributed by atoms with Crippen LogP contribution >= 0.6 is 0 Å². The molecule has 1 saturated heterocycles. The lowest BCUT2D eigenvalue weighted by Gasteiger charge is -2.12. The van der Waals surface area contributed by atoms with Crippen LogP contribution in [0.25, 0.3) is 0 Å². The summed E-state index contributed by atoms with van der Waals surface area (Å²) in [5, 5.41) is 6.08. The summed E-state index contributed by atoms with van der Waals surface area (Å²) in [5.41, 5.74) is 0.711. The van der Waals surface area contributed by atoms with Crippen LogP contribution in [0.4, 0.5) is 5.69 Å². The minimum Gasteiger partial charge on any atom is -0.495 e. The second kappa shape index (κ2) is 7.26. The molecule has 1 aliphatic heterocycles. The van der Waals surface area contributed by atoms with E-state index in [2.05, 4.69) is 22.6 Å². The average molecular weight is 277 g/mol. The van der Waals surface area contributed by atoms with Gasteiger partial charge in [-0.3, -0.25) is 4.79 Å². The number of rotatable bonds is 6. The highest BCUT2D eigenvalue weighted by molar-refractivity contribution is 5.93. The molecule has 5 nitrogen and oxygen atoms in total. The largest absolute Gasteiger partial charge is 0.495 e. The van der Waals surface area contributed by atoms with Crippen LogP contribution in [-0.4, -0.2) is 51.1 Å². The van der Waals surface area contributed by atoms with E-state index in [1.54, 1.807) is 7.11 Å². The molecule has 0 aromatic heterocycles. The Morgan fingerprint density at radius 2 is 2.25 bits per heavy atom. The molecule has 2 rings (SSSR count). The molecule has 1 aliphatic rings. The van der Waals surface area contributed by atoms with E-state index in [0.717, 1.165) is 19.6 Å². The van der Waals surface area contributed by atoms with Gasteiger partial charge in [-0.1, -0.05) is 12.1 Å². The molecule has 0 aliphatic carbocycles. The number of carbonyl (C=O) groups excluding carboxylic acids is 1. The first-order chi connectivity index (χ1) is 9.69. The van der Waals surface area contributed by atoms with Crippen molar-refractivity contribution in [3.63, 3.8) is 0 Å². The van der Waals surface area contributed by atoms with Gasteiger partial charge in [0.1, 0.15) is 5.75 Å². The Balaban J connectivity index is 1.72. The fraction of sp³-hybridized carbons (Fsp3) is 0.533. The molecular formula is C15H23N3O2. The molecule has 0 radical (unpaired) electrons. The number of para-hydroxylation sites is 2. The van der Waals surface area contributed by atoms with Crippen molar-refractivity contribution < 1.29 is 9.53 Å². The van der Waals surface area contributed by atoms with E-state index in [1.807, 2.05) is 24.3 Å². The van der Waals surface area contributed by atoms with Crippen molar-refractivity contribution in [2.75, 3.05) is 45.7 Å². The molecular weight excluding hydrogens is 254 g/mol. The molecule has 1 unspecified atom stereocenters. The first kappa shape index (κ1) is 14.8. The van der Waals surface area contributed by atoms with Gasteiger partial charge in [-0.05, 0) is 44.6 Å². The Morgan fingerprint density at radius 1 is 1.45 bits per heavy atom. The number of ether oxygens (including phenoxy) is 1. The Morgan fingerprint density at radius 3 is 2.95 bits per heavy atom. The number of likely N-dealkylation sites (tertiary alicyclic amines) is 1. The quantitative estimate of drug-likeness (QED) is 0.820. The molecule has 20 heavy (non-hydrogen) atoms. The molecule has 2 N–H and O–H groups in total. The number of nitrogens with zero attached hydrogens (tertiary/aromatic N) is 1. The normalized spacial score (nSPS) is 19.0. The smallest absolute Gasteiger partial charge is 0.238 e. The summed E-state index contributed by atoms with van der Waals surface area (Å²) >= 11 is 0. The van der Waals surface area contributed by atoms with Crippen LogP contribution in [0.5, 0.6) is 5.75 Å². The second-order valence-corrected chi connectivity index (χ2v) is 5.30. The number of carbonyl (C=O) groups is 1. The molecule has 0 saturated carbocycles. The van der Waals surface area contributed by atoms with Gasteiger partial charge in [0.15, 0.2) is 0 Å². The Kier molecular flexibility index (Phi) is 5.38. The average Bonchev–Trinajstić information content (AvgIpc) is 2.85. The number of hydrogen-bond acceptors (Lipinski definition) is 4. The highest BCUT2D eigenvalue weighted by atomic mass is 16.5. The van der Waals surface area contributed by atoms with Gasteiger partial charge < -0.3 is 20.3 Å². The SMILES string of the molecule is COc1ccccc1NC(=O)CNCC1CCN(C)C1. The van der Waals surface area contributed by atoms with Crippen LogP contribution < -0.4 is 15.4 Å². The van der Waals surface area contributed by atoms with Gasteiger partial charge in [0, 0.05) is 6.54 Å². The number of methoxy groups -OCH3 is 1. The van der Waals surface area contributed by atoms with Gasteiger partial charge in [0.05, 0.1) is 19.3 Å². The summed E-state index contributed by atoms with van der Waals surface area (Å²) in [4.78, 5) is 14.2. The van der Waals surface area contributed by atoms with E-state index in [9.17, 15) is 4.79 Å². The Bertz CT molecular complexity index is 450. The van der Waals surface area contributed by atoms with Crippen molar-refractivity contribution in [1.29, 1.82) is 0 Å². The molecule has 110 valence electrons. The summed E-state index contributed by atoms with van der Waals surface area (Å²) in [7, 11) is 3.73. The third-order valence-corrected chi connectivity index (χ3v) is 3.59. The lowest BCUT2D eigenvalue weighted by molar-refractivity contribution is -0.115. The number of nitrogens with one attached hydrogen (secondary N) is 2. The maximum atomic E-state index is 11.9. The molecule has 0 bridgehead atoms. The summed E-state index contributed by atoms with van der Waals surface area (Å²) in [6, 6.07) is 7.42. The van der Waals surface area contributed by atoms with Crippen molar-refractivity contribution in [2.45, 2.75) is 6.42 Å². The molecule has 0 spiro atoms. The van der Waals surface area contributed by atoms with E-state index in [1.165, 1.54) is 6.42 Å². The predicted molar refractivity (Wildman–Crippen MR) is 80.1 cm³/mol. The predicted octanol–water partition coefficient (Wildman–Crippen LogP) is 1.17. The van der Waals surface area contributed by atoms with Gasteiger partial charge in [-0.15, -0.1) is 0 Å². The summed E-state index contributed by atoms with van der Waals surface area (Å²) in [6.45, 7) is 3.49. The van der Waals surface area contributed by atoms with Gasteiger partial charge in [0.25, 0.3) is 0 Å². The van der Waals surface area contributed by atoms with Gasteiger partial charge in [-0.2, -0.15) is 0 Å².